The second-order valence-corrected chi connectivity index (χ2v) is 5.62. The monoisotopic (exact) mass is 336 g/mol. The number of rotatable bonds is 4. The summed E-state index contributed by atoms with van der Waals surface area (Å²) in [6.45, 7) is 0. The van der Waals surface area contributed by atoms with Crippen molar-refractivity contribution in [2.75, 3.05) is 27.0 Å². The second-order valence-electron chi connectivity index (χ2n) is 4.66. The Morgan fingerprint density at radius 3 is 2.78 bits per heavy atom. The lowest BCUT2D eigenvalue weighted by molar-refractivity contribution is -0.116. The number of methoxy groups -OCH3 is 1. The summed E-state index contributed by atoms with van der Waals surface area (Å²) in [5.41, 5.74) is 0.713. The van der Waals surface area contributed by atoms with Gasteiger partial charge in [-0.3, -0.25) is 4.79 Å². The zero-order chi connectivity index (χ0) is 16.8. The Balaban J connectivity index is 2.09. The van der Waals surface area contributed by atoms with Crippen molar-refractivity contribution in [1.29, 1.82) is 0 Å². The Morgan fingerprint density at radius 1 is 1.39 bits per heavy atom. The minimum absolute atomic E-state index is 0.0855. The second kappa shape index (κ2) is 7.63. The maximum absolute atomic E-state index is 11.6. The molecule has 0 saturated carbocycles. The first-order valence-electron chi connectivity index (χ1n) is 6.60. The van der Waals surface area contributed by atoms with Gasteiger partial charge in [-0.05, 0) is 23.8 Å². The van der Waals surface area contributed by atoms with Crippen molar-refractivity contribution >= 4 is 35.1 Å². The summed E-state index contributed by atoms with van der Waals surface area (Å²) in [5, 5.41) is 10.9. The smallest absolute Gasteiger partial charge is 0.414 e. The number of hydrogen-bond acceptors (Lipinski definition) is 7. The fourth-order valence-corrected chi connectivity index (χ4v) is 2.19. The molecule has 1 aliphatic heterocycles. The maximum Gasteiger partial charge on any atom is 0.414 e. The third kappa shape index (κ3) is 4.71. The van der Waals surface area contributed by atoms with E-state index in [1.165, 1.54) is 30.0 Å². The van der Waals surface area contributed by atoms with E-state index in [-0.39, 0.29) is 5.91 Å². The van der Waals surface area contributed by atoms with E-state index in [0.29, 0.717) is 28.0 Å². The molecule has 1 aliphatic rings. The van der Waals surface area contributed by atoms with Crippen molar-refractivity contribution in [2.45, 2.75) is 0 Å². The summed E-state index contributed by atoms with van der Waals surface area (Å²) in [7, 11) is 4.66. The summed E-state index contributed by atoms with van der Waals surface area (Å²) in [6.07, 6.45) is 1.02. The number of carbonyl (C=O) groups is 2. The third-order valence-electron chi connectivity index (χ3n) is 2.69. The zero-order valence-electron chi connectivity index (χ0n) is 12.9. The highest BCUT2D eigenvalue weighted by Crippen LogP contribution is 2.28. The van der Waals surface area contributed by atoms with Crippen molar-refractivity contribution < 1.29 is 19.1 Å². The molecule has 1 aromatic rings. The molecule has 1 saturated heterocycles. The van der Waals surface area contributed by atoms with Crippen LogP contribution in [0.4, 0.5) is 4.79 Å². The molecule has 9 heteroatoms. The van der Waals surface area contributed by atoms with Crippen LogP contribution >= 0.6 is 11.8 Å². The molecule has 0 aromatic heterocycles. The van der Waals surface area contributed by atoms with Gasteiger partial charge in [0.25, 0.3) is 0 Å². The predicted octanol–water partition coefficient (Wildman–Crippen LogP) is 1.31. The number of amides is 2. The van der Waals surface area contributed by atoms with Crippen molar-refractivity contribution in [3.8, 4) is 11.5 Å². The van der Waals surface area contributed by atoms with Gasteiger partial charge in [0.15, 0.2) is 16.7 Å². The third-order valence-corrected chi connectivity index (χ3v) is 3.56. The van der Waals surface area contributed by atoms with Crippen molar-refractivity contribution in [1.82, 2.24) is 10.2 Å². The number of ether oxygens (including phenoxy) is 2. The fraction of sp³-hybridized carbons (Fsp3) is 0.286. The van der Waals surface area contributed by atoms with E-state index in [0.717, 1.165) is 0 Å². The van der Waals surface area contributed by atoms with E-state index in [4.69, 9.17) is 9.47 Å². The van der Waals surface area contributed by atoms with Gasteiger partial charge in [-0.1, -0.05) is 11.8 Å². The average Bonchev–Trinajstić information content (AvgIpc) is 2.93. The molecule has 122 valence electrons. The van der Waals surface area contributed by atoms with Crippen LogP contribution in [-0.2, 0) is 4.79 Å². The van der Waals surface area contributed by atoms with E-state index < -0.39 is 6.09 Å². The first-order valence-corrected chi connectivity index (χ1v) is 7.59. The van der Waals surface area contributed by atoms with Gasteiger partial charge in [0.1, 0.15) is 0 Å². The lowest BCUT2D eigenvalue weighted by Gasteiger charge is -2.13. The Labute approximate surface area is 137 Å². The van der Waals surface area contributed by atoms with E-state index in [9.17, 15) is 9.59 Å². The molecule has 23 heavy (non-hydrogen) atoms. The average molecular weight is 336 g/mol. The number of amidine groups is 1. The molecule has 0 bridgehead atoms. The lowest BCUT2D eigenvalue weighted by Crippen LogP contribution is -2.25. The maximum atomic E-state index is 11.6. The van der Waals surface area contributed by atoms with E-state index >= 15 is 0 Å². The SMILES string of the molecule is COc1cc(/C=N\N=C2\NC(=O)CS2)ccc1OC(=O)N(C)C. The highest BCUT2D eigenvalue weighted by molar-refractivity contribution is 8.15. The fourth-order valence-electron chi connectivity index (χ4n) is 1.56. The Morgan fingerprint density at radius 2 is 2.17 bits per heavy atom. The first kappa shape index (κ1) is 16.8. The summed E-state index contributed by atoms with van der Waals surface area (Å²) < 4.78 is 10.4. The summed E-state index contributed by atoms with van der Waals surface area (Å²) in [5.74, 6) is 0.986. The van der Waals surface area contributed by atoms with Crippen LogP contribution in [0.25, 0.3) is 0 Å². The Bertz CT molecular complexity index is 673. The summed E-state index contributed by atoms with van der Waals surface area (Å²) >= 11 is 1.29. The van der Waals surface area contributed by atoms with Crippen LogP contribution in [0.15, 0.2) is 28.4 Å². The molecule has 2 amide bonds. The standard InChI is InChI=1S/C14H16N4O4S/c1-18(2)14(20)22-10-5-4-9(6-11(10)21-3)7-15-17-13-16-12(19)8-23-13/h4-7H,8H2,1-3H3,(H,16,17,19)/b15-7-. The summed E-state index contributed by atoms with van der Waals surface area (Å²) in [6, 6.07) is 4.99. The van der Waals surface area contributed by atoms with Gasteiger partial charge < -0.3 is 19.7 Å². The topological polar surface area (TPSA) is 92.6 Å². The van der Waals surface area contributed by atoms with Crippen LogP contribution in [0, 0.1) is 0 Å². The van der Waals surface area contributed by atoms with Gasteiger partial charge in [-0.15, -0.1) is 5.10 Å². The minimum atomic E-state index is -0.495. The predicted molar refractivity (Wildman–Crippen MR) is 88.3 cm³/mol. The number of nitrogens with zero attached hydrogens (tertiary/aromatic N) is 3. The van der Waals surface area contributed by atoms with Gasteiger partial charge in [-0.25, -0.2) is 4.79 Å². The number of thioether (sulfide) groups is 1. The van der Waals surface area contributed by atoms with Crippen LogP contribution in [0.3, 0.4) is 0 Å². The molecule has 1 N–H and O–H groups in total. The molecule has 0 atom stereocenters. The van der Waals surface area contributed by atoms with E-state index in [2.05, 4.69) is 15.5 Å². The lowest BCUT2D eigenvalue weighted by atomic mass is 10.2. The summed E-state index contributed by atoms with van der Waals surface area (Å²) in [4.78, 5) is 23.9. The van der Waals surface area contributed by atoms with Crippen molar-refractivity contribution in [3.63, 3.8) is 0 Å². The number of carbonyl (C=O) groups excluding carboxylic acids is 2. The van der Waals surface area contributed by atoms with Crippen LogP contribution in [0.2, 0.25) is 0 Å². The van der Waals surface area contributed by atoms with Crippen molar-refractivity contribution in [3.05, 3.63) is 23.8 Å². The molecular formula is C14H16N4O4S. The molecule has 1 heterocycles. The molecule has 0 radical (unpaired) electrons. The first-order chi connectivity index (χ1) is 11.0. The molecule has 0 aliphatic carbocycles. The Kier molecular flexibility index (Phi) is 5.58. The van der Waals surface area contributed by atoms with Crippen LogP contribution < -0.4 is 14.8 Å². The van der Waals surface area contributed by atoms with Crippen molar-refractivity contribution in [2.24, 2.45) is 10.2 Å². The number of benzene rings is 1. The van der Waals surface area contributed by atoms with Crippen LogP contribution in [0.5, 0.6) is 11.5 Å². The van der Waals surface area contributed by atoms with E-state index in [1.54, 1.807) is 32.3 Å². The van der Waals surface area contributed by atoms with Crippen LogP contribution in [-0.4, -0.2) is 55.2 Å². The molecule has 2 rings (SSSR count). The van der Waals surface area contributed by atoms with Gasteiger partial charge in [0.05, 0.1) is 19.1 Å². The quantitative estimate of drug-likeness (QED) is 0.661. The molecule has 1 aromatic carbocycles. The minimum Gasteiger partial charge on any atom is -0.493 e. The van der Waals surface area contributed by atoms with Gasteiger partial charge in [0, 0.05) is 14.1 Å². The normalized spacial score (nSPS) is 15.8. The Hall–Kier alpha value is -2.55. The van der Waals surface area contributed by atoms with Gasteiger partial charge >= 0.3 is 6.09 Å². The highest BCUT2D eigenvalue weighted by atomic mass is 32.2. The molecule has 1 fully saturated rings. The molecule has 8 nitrogen and oxygen atoms in total. The largest absolute Gasteiger partial charge is 0.493 e. The highest BCUT2D eigenvalue weighted by Gasteiger charge is 2.16. The zero-order valence-corrected chi connectivity index (χ0v) is 13.7. The van der Waals surface area contributed by atoms with Gasteiger partial charge in [-0.2, -0.15) is 5.10 Å². The van der Waals surface area contributed by atoms with Crippen LogP contribution in [0.1, 0.15) is 5.56 Å². The molecular weight excluding hydrogens is 320 g/mol. The number of hydrogen-bond donors (Lipinski definition) is 1. The molecule has 0 spiro atoms. The number of nitrogens with one attached hydrogen (secondary N) is 1. The molecule has 0 unspecified atom stereocenters. The van der Waals surface area contributed by atoms with E-state index in [1.807, 2.05) is 0 Å². The van der Waals surface area contributed by atoms with Gasteiger partial charge in [0.2, 0.25) is 5.91 Å².